The fourth-order valence-corrected chi connectivity index (χ4v) is 3.97. The zero-order valence-electron chi connectivity index (χ0n) is 12.7. The van der Waals surface area contributed by atoms with Crippen molar-refractivity contribution in [2.75, 3.05) is 6.54 Å². The fourth-order valence-electron chi connectivity index (χ4n) is 3.22. The Kier molecular flexibility index (Phi) is 5.26. The molecule has 1 aromatic rings. The summed E-state index contributed by atoms with van der Waals surface area (Å²) in [4.78, 5) is 0. The van der Waals surface area contributed by atoms with Crippen LogP contribution in [-0.2, 0) is 20.0 Å². The number of aromatic nitrogens is 2. The summed E-state index contributed by atoms with van der Waals surface area (Å²) in [7, 11) is 1.97. The summed E-state index contributed by atoms with van der Waals surface area (Å²) in [5, 5.41) is 18.5. The van der Waals surface area contributed by atoms with Crippen LogP contribution in [0, 0.1) is 5.92 Å². The molecule has 1 saturated carbocycles. The molecule has 1 fully saturated rings. The average Bonchev–Trinajstić information content (AvgIpc) is 2.65. The number of hydrogen-bond donors (Lipinski definition) is 2. The van der Waals surface area contributed by atoms with E-state index in [4.69, 9.17) is 0 Å². The number of rotatable bonds is 5. The molecule has 2 unspecified atom stereocenters. The zero-order chi connectivity index (χ0) is 14.8. The molecule has 0 aliphatic heterocycles. The maximum Gasteiger partial charge on any atom is 0.0774 e. The Bertz CT molecular complexity index is 460. The molecule has 0 spiro atoms. The molecule has 0 aromatic carbocycles. The van der Waals surface area contributed by atoms with Crippen LogP contribution >= 0.6 is 15.9 Å². The van der Waals surface area contributed by atoms with Crippen molar-refractivity contribution in [3.8, 4) is 0 Å². The molecule has 2 N–H and O–H groups in total. The Hall–Kier alpha value is -0.390. The standard InChI is InChI=1S/C15H26BrN3O/c1-4-12-14(16)13(19(3)18-12)9-17-10-15(20)7-5-6-11(2)8-15/h11,17,20H,4-10H2,1-3H3. The molecule has 114 valence electrons. The van der Waals surface area contributed by atoms with E-state index in [-0.39, 0.29) is 0 Å². The normalized spacial score (nSPS) is 26.9. The van der Waals surface area contributed by atoms with Gasteiger partial charge in [0.2, 0.25) is 0 Å². The van der Waals surface area contributed by atoms with Gasteiger partial charge in [-0.25, -0.2) is 0 Å². The van der Waals surface area contributed by atoms with Crippen LogP contribution in [0.15, 0.2) is 4.47 Å². The number of hydrogen-bond acceptors (Lipinski definition) is 3. The SMILES string of the molecule is CCc1nn(C)c(CNCC2(O)CCCC(C)C2)c1Br. The van der Waals surface area contributed by atoms with E-state index in [0.29, 0.717) is 12.5 Å². The Balaban J connectivity index is 1.91. The highest BCUT2D eigenvalue weighted by Crippen LogP contribution is 2.31. The van der Waals surface area contributed by atoms with Crippen molar-refractivity contribution in [3.63, 3.8) is 0 Å². The van der Waals surface area contributed by atoms with Gasteiger partial charge in [0, 0.05) is 20.1 Å². The van der Waals surface area contributed by atoms with E-state index in [1.54, 1.807) is 0 Å². The predicted molar refractivity (Wildman–Crippen MR) is 84.6 cm³/mol. The third kappa shape index (κ3) is 3.62. The van der Waals surface area contributed by atoms with Crippen LogP contribution in [0.25, 0.3) is 0 Å². The third-order valence-electron chi connectivity index (χ3n) is 4.32. The van der Waals surface area contributed by atoms with Gasteiger partial charge in [-0.2, -0.15) is 5.10 Å². The molecule has 0 saturated heterocycles. The summed E-state index contributed by atoms with van der Waals surface area (Å²) >= 11 is 3.63. The van der Waals surface area contributed by atoms with Crippen molar-refractivity contribution in [3.05, 3.63) is 15.9 Å². The van der Waals surface area contributed by atoms with Crippen molar-refractivity contribution in [1.29, 1.82) is 0 Å². The molecule has 1 aliphatic carbocycles. The maximum absolute atomic E-state index is 10.6. The first-order chi connectivity index (χ1) is 9.45. The van der Waals surface area contributed by atoms with Crippen LogP contribution in [0.1, 0.15) is 50.9 Å². The van der Waals surface area contributed by atoms with Gasteiger partial charge >= 0.3 is 0 Å². The quantitative estimate of drug-likeness (QED) is 0.864. The molecule has 2 rings (SSSR count). The topological polar surface area (TPSA) is 50.1 Å². The van der Waals surface area contributed by atoms with E-state index in [1.807, 2.05) is 11.7 Å². The van der Waals surface area contributed by atoms with E-state index in [9.17, 15) is 5.11 Å². The summed E-state index contributed by atoms with van der Waals surface area (Å²) in [6, 6.07) is 0. The Morgan fingerprint density at radius 2 is 2.30 bits per heavy atom. The van der Waals surface area contributed by atoms with Crippen molar-refractivity contribution >= 4 is 15.9 Å². The summed E-state index contributed by atoms with van der Waals surface area (Å²) in [5.74, 6) is 0.630. The second-order valence-corrected chi connectivity index (χ2v) is 7.01. The van der Waals surface area contributed by atoms with Gasteiger partial charge in [0.05, 0.1) is 21.5 Å². The second-order valence-electron chi connectivity index (χ2n) is 6.21. The van der Waals surface area contributed by atoms with Crippen molar-refractivity contribution < 1.29 is 5.11 Å². The minimum absolute atomic E-state index is 0.531. The van der Waals surface area contributed by atoms with E-state index < -0.39 is 5.60 Å². The van der Waals surface area contributed by atoms with Gasteiger partial charge in [0.1, 0.15) is 0 Å². The molecule has 20 heavy (non-hydrogen) atoms. The predicted octanol–water partition coefficient (Wildman–Crippen LogP) is 2.78. The molecule has 0 amide bonds. The van der Waals surface area contributed by atoms with Gasteiger partial charge in [-0.3, -0.25) is 4.68 Å². The lowest BCUT2D eigenvalue weighted by molar-refractivity contribution is -0.0120. The number of halogens is 1. The van der Waals surface area contributed by atoms with Crippen LogP contribution in [0.4, 0.5) is 0 Å². The molecule has 4 nitrogen and oxygen atoms in total. The van der Waals surface area contributed by atoms with Crippen molar-refractivity contribution in [2.24, 2.45) is 13.0 Å². The fraction of sp³-hybridized carbons (Fsp3) is 0.800. The highest BCUT2D eigenvalue weighted by atomic mass is 79.9. The Morgan fingerprint density at radius 3 is 2.90 bits per heavy atom. The Labute approximate surface area is 130 Å². The lowest BCUT2D eigenvalue weighted by Gasteiger charge is -2.35. The maximum atomic E-state index is 10.6. The molecule has 1 aromatic heterocycles. The van der Waals surface area contributed by atoms with Crippen LogP contribution < -0.4 is 5.32 Å². The third-order valence-corrected chi connectivity index (χ3v) is 5.23. The molecule has 1 aliphatic rings. The van der Waals surface area contributed by atoms with Crippen LogP contribution in [-0.4, -0.2) is 27.0 Å². The number of nitrogens with one attached hydrogen (secondary N) is 1. The number of aliphatic hydroxyl groups is 1. The van der Waals surface area contributed by atoms with Crippen LogP contribution in [0.3, 0.4) is 0 Å². The largest absolute Gasteiger partial charge is 0.389 e. The summed E-state index contributed by atoms with van der Waals surface area (Å²) in [5.41, 5.74) is 1.71. The molecule has 5 heteroatoms. The van der Waals surface area contributed by atoms with Crippen LogP contribution in [0.2, 0.25) is 0 Å². The summed E-state index contributed by atoms with van der Waals surface area (Å²) in [6.45, 7) is 5.74. The lowest BCUT2D eigenvalue weighted by atomic mass is 9.79. The monoisotopic (exact) mass is 343 g/mol. The lowest BCUT2D eigenvalue weighted by Crippen LogP contribution is -2.44. The minimum atomic E-state index is -0.531. The van der Waals surface area contributed by atoms with Crippen molar-refractivity contribution in [2.45, 2.75) is 58.1 Å². The molecular weight excluding hydrogens is 318 g/mol. The highest BCUT2D eigenvalue weighted by molar-refractivity contribution is 9.10. The first-order valence-electron chi connectivity index (χ1n) is 7.58. The molecule has 0 radical (unpaired) electrons. The van der Waals surface area contributed by atoms with Gasteiger partial charge in [-0.1, -0.05) is 26.7 Å². The van der Waals surface area contributed by atoms with E-state index in [1.165, 1.54) is 6.42 Å². The van der Waals surface area contributed by atoms with Gasteiger partial charge in [0.25, 0.3) is 0 Å². The van der Waals surface area contributed by atoms with E-state index in [0.717, 1.165) is 48.1 Å². The first kappa shape index (κ1) is 16.0. The molecular formula is C15H26BrN3O. The van der Waals surface area contributed by atoms with Gasteiger partial charge in [0.15, 0.2) is 0 Å². The van der Waals surface area contributed by atoms with Gasteiger partial charge < -0.3 is 10.4 Å². The van der Waals surface area contributed by atoms with Gasteiger partial charge in [-0.15, -0.1) is 0 Å². The second kappa shape index (κ2) is 6.58. The summed E-state index contributed by atoms with van der Waals surface area (Å²) in [6.07, 6.45) is 5.13. The van der Waals surface area contributed by atoms with E-state index in [2.05, 4.69) is 40.2 Å². The number of aryl methyl sites for hydroxylation is 2. The zero-order valence-corrected chi connectivity index (χ0v) is 14.3. The molecule has 0 bridgehead atoms. The first-order valence-corrected chi connectivity index (χ1v) is 8.38. The van der Waals surface area contributed by atoms with E-state index >= 15 is 0 Å². The minimum Gasteiger partial charge on any atom is -0.389 e. The average molecular weight is 344 g/mol. The van der Waals surface area contributed by atoms with Gasteiger partial charge in [-0.05, 0) is 41.1 Å². The molecule has 1 heterocycles. The van der Waals surface area contributed by atoms with Crippen molar-refractivity contribution in [1.82, 2.24) is 15.1 Å². The Morgan fingerprint density at radius 1 is 1.55 bits per heavy atom. The van der Waals surface area contributed by atoms with Crippen LogP contribution in [0.5, 0.6) is 0 Å². The summed E-state index contributed by atoms with van der Waals surface area (Å²) < 4.78 is 3.02. The number of nitrogens with zero attached hydrogens (tertiary/aromatic N) is 2. The smallest absolute Gasteiger partial charge is 0.0774 e. The highest BCUT2D eigenvalue weighted by Gasteiger charge is 2.32. The molecule has 2 atom stereocenters.